The fraction of sp³-hybridized carbons (Fsp3) is 0.355. The molecule has 2 saturated heterocycles. The van der Waals surface area contributed by atoms with E-state index in [2.05, 4.69) is 46.4 Å². The van der Waals surface area contributed by atoms with Crippen molar-refractivity contribution in [1.29, 1.82) is 0 Å². The third-order valence-corrected chi connectivity index (χ3v) is 7.88. The van der Waals surface area contributed by atoms with Gasteiger partial charge in [0.15, 0.2) is 0 Å². The van der Waals surface area contributed by atoms with Gasteiger partial charge in [0.05, 0.1) is 23.1 Å². The smallest absolute Gasteiger partial charge is 0.254 e. The van der Waals surface area contributed by atoms with Gasteiger partial charge >= 0.3 is 0 Å². The minimum absolute atomic E-state index is 0.0467. The molecule has 3 heterocycles. The van der Waals surface area contributed by atoms with Crippen molar-refractivity contribution in [1.82, 2.24) is 14.7 Å². The summed E-state index contributed by atoms with van der Waals surface area (Å²) in [4.78, 5) is 25.0. The molecule has 6 nitrogen and oxygen atoms in total. The number of fused-ring (bicyclic) bond motifs is 1. The normalized spacial score (nSPS) is 20.1. The molecule has 6 rings (SSSR count). The SMILES string of the molecule is CN1CCN(C(=O)c2ccc3c(c2)NC(c2ccc(F)cc2)C(c2cccc(CN4CCCC4)c2)=N3)CC1. The first-order chi connectivity index (χ1) is 18.5. The van der Waals surface area contributed by atoms with Gasteiger partial charge in [-0.25, -0.2) is 9.38 Å². The summed E-state index contributed by atoms with van der Waals surface area (Å²) in [5.41, 5.74) is 6.41. The van der Waals surface area contributed by atoms with E-state index in [0.717, 1.165) is 74.0 Å². The maximum Gasteiger partial charge on any atom is 0.254 e. The van der Waals surface area contributed by atoms with Crippen LogP contribution in [0.3, 0.4) is 0 Å². The molecule has 0 aliphatic carbocycles. The predicted molar refractivity (Wildman–Crippen MR) is 150 cm³/mol. The first kappa shape index (κ1) is 24.8. The Hall–Kier alpha value is -3.55. The quantitative estimate of drug-likeness (QED) is 0.518. The molecule has 3 aromatic rings. The van der Waals surface area contributed by atoms with E-state index in [1.165, 1.54) is 30.5 Å². The lowest BCUT2D eigenvalue weighted by Crippen LogP contribution is -2.47. The van der Waals surface area contributed by atoms with Crippen molar-refractivity contribution in [3.63, 3.8) is 0 Å². The number of benzene rings is 3. The van der Waals surface area contributed by atoms with E-state index in [1.807, 2.05) is 23.1 Å². The summed E-state index contributed by atoms with van der Waals surface area (Å²) < 4.78 is 13.8. The molecule has 3 aromatic carbocycles. The highest BCUT2D eigenvalue weighted by Gasteiger charge is 2.28. The van der Waals surface area contributed by atoms with Gasteiger partial charge in [0.1, 0.15) is 5.82 Å². The molecule has 3 aliphatic rings. The monoisotopic (exact) mass is 511 g/mol. The molecule has 0 radical (unpaired) electrons. The molecule has 0 bridgehead atoms. The van der Waals surface area contributed by atoms with E-state index in [9.17, 15) is 9.18 Å². The van der Waals surface area contributed by atoms with Crippen LogP contribution < -0.4 is 5.32 Å². The summed E-state index contributed by atoms with van der Waals surface area (Å²) in [6.45, 7) is 6.45. The van der Waals surface area contributed by atoms with Crippen LogP contribution in [0.5, 0.6) is 0 Å². The van der Waals surface area contributed by atoms with Gasteiger partial charge in [-0.1, -0.05) is 30.3 Å². The van der Waals surface area contributed by atoms with Crippen LogP contribution in [0.25, 0.3) is 0 Å². The number of hydrogen-bond acceptors (Lipinski definition) is 5. The summed E-state index contributed by atoms with van der Waals surface area (Å²) in [6.07, 6.45) is 2.53. The van der Waals surface area contributed by atoms with Crippen LogP contribution in [-0.2, 0) is 6.54 Å². The van der Waals surface area contributed by atoms with Gasteiger partial charge < -0.3 is 15.1 Å². The second kappa shape index (κ2) is 10.7. The minimum Gasteiger partial charge on any atom is -0.371 e. The number of aliphatic imine (C=N–C) groups is 1. The highest BCUT2D eigenvalue weighted by molar-refractivity contribution is 6.10. The zero-order valence-electron chi connectivity index (χ0n) is 21.9. The van der Waals surface area contributed by atoms with Crippen LogP contribution in [0.2, 0.25) is 0 Å². The topological polar surface area (TPSA) is 51.2 Å². The van der Waals surface area contributed by atoms with Crippen LogP contribution >= 0.6 is 0 Å². The number of likely N-dealkylation sites (tertiary alicyclic amines) is 1. The standard InChI is InChI=1S/C31H34FN5O/c1-35-15-17-37(18-16-35)31(38)25-9-12-27-28(20-25)34-29(23-7-10-26(32)11-8-23)30(33-27)24-6-4-5-22(19-24)21-36-13-2-3-14-36/h4-12,19-20,29,34H,2-3,13-18,21H2,1H3. The number of anilines is 1. The Labute approximate surface area is 223 Å². The highest BCUT2D eigenvalue weighted by Crippen LogP contribution is 2.38. The zero-order chi connectivity index (χ0) is 26.1. The number of halogens is 1. The molecule has 3 aliphatic heterocycles. The maximum absolute atomic E-state index is 13.8. The van der Waals surface area contributed by atoms with Gasteiger partial charge in [-0.15, -0.1) is 0 Å². The summed E-state index contributed by atoms with van der Waals surface area (Å²) >= 11 is 0. The molecule has 38 heavy (non-hydrogen) atoms. The molecule has 0 saturated carbocycles. The van der Waals surface area contributed by atoms with Gasteiger partial charge in [0, 0.05) is 38.3 Å². The van der Waals surface area contributed by atoms with Crippen molar-refractivity contribution >= 4 is 23.0 Å². The summed E-state index contributed by atoms with van der Waals surface area (Å²) in [6, 6.07) is 20.6. The molecular formula is C31H34FN5O. The number of hydrogen-bond donors (Lipinski definition) is 1. The molecule has 1 amide bonds. The van der Waals surface area contributed by atoms with Crippen molar-refractivity contribution in [2.24, 2.45) is 4.99 Å². The van der Waals surface area contributed by atoms with Gasteiger partial charge in [-0.3, -0.25) is 9.69 Å². The second-order valence-corrected chi connectivity index (χ2v) is 10.6. The largest absolute Gasteiger partial charge is 0.371 e. The lowest BCUT2D eigenvalue weighted by Gasteiger charge is -2.33. The highest BCUT2D eigenvalue weighted by atomic mass is 19.1. The number of carbonyl (C=O) groups excluding carboxylic acids is 1. The van der Waals surface area contributed by atoms with Crippen molar-refractivity contribution in [3.05, 3.63) is 94.8 Å². The van der Waals surface area contributed by atoms with Crippen molar-refractivity contribution in [3.8, 4) is 0 Å². The molecule has 0 spiro atoms. The average molecular weight is 512 g/mol. The molecule has 1 atom stereocenters. The third-order valence-electron chi connectivity index (χ3n) is 7.88. The predicted octanol–water partition coefficient (Wildman–Crippen LogP) is 5.10. The number of rotatable bonds is 5. The first-order valence-corrected chi connectivity index (χ1v) is 13.6. The first-order valence-electron chi connectivity index (χ1n) is 13.6. The molecule has 0 aromatic heterocycles. The summed E-state index contributed by atoms with van der Waals surface area (Å²) in [5, 5.41) is 3.64. The fourth-order valence-electron chi connectivity index (χ4n) is 5.65. The fourth-order valence-corrected chi connectivity index (χ4v) is 5.65. The Morgan fingerprint density at radius 1 is 0.947 bits per heavy atom. The second-order valence-electron chi connectivity index (χ2n) is 10.6. The van der Waals surface area contributed by atoms with Gasteiger partial charge in [0.25, 0.3) is 5.91 Å². The Morgan fingerprint density at radius 2 is 1.71 bits per heavy atom. The number of nitrogens with zero attached hydrogens (tertiary/aromatic N) is 4. The molecular weight excluding hydrogens is 477 g/mol. The Balaban J connectivity index is 1.34. The van der Waals surface area contributed by atoms with E-state index in [4.69, 9.17) is 4.99 Å². The third kappa shape index (κ3) is 5.22. The average Bonchev–Trinajstić information content (AvgIpc) is 3.46. The van der Waals surface area contributed by atoms with Crippen LogP contribution in [0.15, 0.2) is 71.7 Å². The number of likely N-dealkylation sites (N-methyl/N-ethyl adjacent to an activating group) is 1. The Morgan fingerprint density at radius 3 is 2.47 bits per heavy atom. The van der Waals surface area contributed by atoms with Crippen LogP contribution in [0.4, 0.5) is 15.8 Å². The van der Waals surface area contributed by atoms with E-state index in [-0.39, 0.29) is 17.8 Å². The Bertz CT molecular complexity index is 1340. The van der Waals surface area contributed by atoms with Crippen molar-refractivity contribution < 1.29 is 9.18 Å². The molecule has 7 heteroatoms. The number of nitrogens with one attached hydrogen (secondary N) is 1. The van der Waals surface area contributed by atoms with Crippen LogP contribution in [-0.4, -0.2) is 72.6 Å². The number of carbonyl (C=O) groups is 1. The molecule has 1 N–H and O–H groups in total. The van der Waals surface area contributed by atoms with Gasteiger partial charge in [0.2, 0.25) is 0 Å². The van der Waals surface area contributed by atoms with Crippen molar-refractivity contribution in [2.45, 2.75) is 25.4 Å². The van der Waals surface area contributed by atoms with E-state index >= 15 is 0 Å². The molecule has 1 unspecified atom stereocenters. The van der Waals surface area contributed by atoms with Crippen LogP contribution in [0.1, 0.15) is 45.9 Å². The lowest BCUT2D eigenvalue weighted by molar-refractivity contribution is 0.0664. The maximum atomic E-state index is 13.8. The number of amides is 1. The van der Waals surface area contributed by atoms with Gasteiger partial charge in [-0.05, 0) is 86.1 Å². The summed E-state index contributed by atoms with van der Waals surface area (Å²) in [7, 11) is 2.08. The minimum atomic E-state index is -0.267. The number of piperazine rings is 1. The molecule has 196 valence electrons. The van der Waals surface area contributed by atoms with Crippen molar-refractivity contribution in [2.75, 3.05) is 51.6 Å². The van der Waals surface area contributed by atoms with Gasteiger partial charge in [-0.2, -0.15) is 0 Å². The lowest BCUT2D eigenvalue weighted by atomic mass is 9.93. The zero-order valence-corrected chi connectivity index (χ0v) is 21.9. The van der Waals surface area contributed by atoms with E-state index in [0.29, 0.717) is 5.56 Å². The van der Waals surface area contributed by atoms with E-state index in [1.54, 1.807) is 12.1 Å². The van der Waals surface area contributed by atoms with Crippen LogP contribution in [0, 0.1) is 5.82 Å². The molecule has 2 fully saturated rings. The summed E-state index contributed by atoms with van der Waals surface area (Å²) in [5.74, 6) is -0.221. The Kier molecular flexibility index (Phi) is 6.96. The van der Waals surface area contributed by atoms with E-state index < -0.39 is 0 Å².